The second kappa shape index (κ2) is 14.7. The van der Waals surface area contributed by atoms with E-state index in [2.05, 4.69) is 10.2 Å². The van der Waals surface area contributed by atoms with Gasteiger partial charge in [-0.3, -0.25) is 4.79 Å². The molecule has 0 saturated heterocycles. The average molecular weight is 582 g/mol. The smallest absolute Gasteiger partial charge is 0.246 e. The third-order valence-corrected chi connectivity index (χ3v) is 9.49. The van der Waals surface area contributed by atoms with Gasteiger partial charge in [-0.15, -0.1) is 0 Å². The fourth-order valence-electron chi connectivity index (χ4n) is 5.68. The number of amides is 1. The SMILES string of the molecule is CN(C)C(c1cccc(F)c1)C1CCC(NC(=O)COCCN(Cc2ccccc2)S(=O)(=O)c2ccccc2)CC1. The van der Waals surface area contributed by atoms with Crippen molar-refractivity contribution in [2.24, 2.45) is 5.92 Å². The molecule has 3 aromatic rings. The Morgan fingerprint density at radius 1 is 0.951 bits per heavy atom. The van der Waals surface area contributed by atoms with E-state index in [4.69, 9.17) is 4.74 Å². The number of carbonyl (C=O) groups is 1. The van der Waals surface area contributed by atoms with E-state index in [0.29, 0.717) is 5.92 Å². The molecule has 1 fully saturated rings. The lowest BCUT2D eigenvalue weighted by Crippen LogP contribution is -2.41. The molecule has 41 heavy (non-hydrogen) atoms. The highest BCUT2D eigenvalue weighted by atomic mass is 32.2. The lowest BCUT2D eigenvalue weighted by Gasteiger charge is -2.37. The van der Waals surface area contributed by atoms with Crippen molar-refractivity contribution < 1.29 is 22.3 Å². The molecule has 1 aliphatic rings. The Labute approximate surface area is 243 Å². The Bertz CT molecular complexity index is 1350. The van der Waals surface area contributed by atoms with Crippen LogP contribution in [0.2, 0.25) is 0 Å². The van der Waals surface area contributed by atoms with Gasteiger partial charge in [0.1, 0.15) is 12.4 Å². The highest BCUT2D eigenvalue weighted by molar-refractivity contribution is 7.89. The Morgan fingerprint density at radius 2 is 1.61 bits per heavy atom. The molecule has 0 aliphatic heterocycles. The van der Waals surface area contributed by atoms with Crippen molar-refractivity contribution in [1.82, 2.24) is 14.5 Å². The highest BCUT2D eigenvalue weighted by Gasteiger charge is 2.31. The van der Waals surface area contributed by atoms with Crippen LogP contribution in [0.1, 0.15) is 42.9 Å². The first-order chi connectivity index (χ1) is 19.7. The minimum absolute atomic E-state index is 0.0608. The van der Waals surface area contributed by atoms with Crippen LogP contribution in [0.15, 0.2) is 89.8 Å². The number of nitrogens with one attached hydrogen (secondary N) is 1. The van der Waals surface area contributed by atoms with E-state index >= 15 is 0 Å². The van der Waals surface area contributed by atoms with E-state index in [1.807, 2.05) is 50.5 Å². The van der Waals surface area contributed by atoms with Gasteiger partial charge in [0.05, 0.1) is 11.5 Å². The molecule has 1 atom stereocenters. The molecule has 1 amide bonds. The Hall–Kier alpha value is -3.11. The summed E-state index contributed by atoms with van der Waals surface area (Å²) in [6.07, 6.45) is 3.54. The van der Waals surface area contributed by atoms with E-state index in [-0.39, 0.29) is 55.0 Å². The first-order valence-electron chi connectivity index (χ1n) is 14.1. The molecule has 0 spiro atoms. The topological polar surface area (TPSA) is 79.0 Å². The van der Waals surface area contributed by atoms with Crippen molar-refractivity contribution in [2.45, 2.75) is 49.2 Å². The van der Waals surface area contributed by atoms with Crippen molar-refractivity contribution in [3.8, 4) is 0 Å². The van der Waals surface area contributed by atoms with Gasteiger partial charge < -0.3 is 15.0 Å². The molecule has 1 N–H and O–H groups in total. The number of hydrogen-bond acceptors (Lipinski definition) is 5. The first kappa shape index (κ1) is 30.8. The fourth-order valence-corrected chi connectivity index (χ4v) is 7.11. The zero-order chi connectivity index (χ0) is 29.2. The Balaban J connectivity index is 1.25. The summed E-state index contributed by atoms with van der Waals surface area (Å²) in [5, 5.41) is 3.07. The lowest BCUT2D eigenvalue weighted by molar-refractivity contribution is -0.126. The maximum atomic E-state index is 13.9. The summed E-state index contributed by atoms with van der Waals surface area (Å²) in [7, 11) is 0.306. The number of sulfonamides is 1. The number of hydrogen-bond donors (Lipinski definition) is 1. The van der Waals surface area contributed by atoms with Gasteiger partial charge >= 0.3 is 0 Å². The Morgan fingerprint density at radius 3 is 2.24 bits per heavy atom. The Kier molecular flexibility index (Phi) is 11.0. The summed E-state index contributed by atoms with van der Waals surface area (Å²) < 4.78 is 47.5. The van der Waals surface area contributed by atoms with E-state index in [0.717, 1.165) is 36.8 Å². The standard InChI is InChI=1S/C32H40FN3O4S/c1-35(2)32(27-12-9-13-28(33)22-27)26-16-18-29(19-17-26)34-31(37)24-40-21-20-36(23-25-10-5-3-6-11-25)41(38,39)30-14-7-4-8-15-30/h3-15,22,26,29,32H,16-21,23-24H2,1-2H3,(H,34,37). The van der Waals surface area contributed by atoms with Crippen LogP contribution in [0.3, 0.4) is 0 Å². The quantitative estimate of drug-likeness (QED) is 0.287. The van der Waals surface area contributed by atoms with Gasteiger partial charge in [-0.25, -0.2) is 12.8 Å². The fraction of sp³-hybridized carbons (Fsp3) is 0.406. The van der Waals surface area contributed by atoms with Crippen LogP contribution in [-0.2, 0) is 26.1 Å². The molecule has 9 heteroatoms. The molecule has 0 heterocycles. The van der Waals surface area contributed by atoms with Crippen molar-refractivity contribution in [3.05, 3.63) is 102 Å². The van der Waals surface area contributed by atoms with Gasteiger partial charge in [-0.2, -0.15) is 4.31 Å². The maximum Gasteiger partial charge on any atom is 0.246 e. The average Bonchev–Trinajstić information content (AvgIpc) is 2.96. The molecule has 4 rings (SSSR count). The van der Waals surface area contributed by atoms with Gasteiger partial charge in [-0.1, -0.05) is 60.7 Å². The van der Waals surface area contributed by atoms with Gasteiger partial charge in [0.15, 0.2) is 0 Å². The second-order valence-electron chi connectivity index (χ2n) is 10.8. The van der Waals surface area contributed by atoms with Crippen LogP contribution in [0.25, 0.3) is 0 Å². The predicted molar refractivity (Wildman–Crippen MR) is 158 cm³/mol. The second-order valence-corrected chi connectivity index (χ2v) is 12.8. The first-order valence-corrected chi connectivity index (χ1v) is 15.6. The minimum Gasteiger partial charge on any atom is -0.370 e. The molecule has 1 aliphatic carbocycles. The summed E-state index contributed by atoms with van der Waals surface area (Å²) in [6, 6.07) is 24.7. The highest BCUT2D eigenvalue weighted by Crippen LogP contribution is 2.37. The summed E-state index contributed by atoms with van der Waals surface area (Å²) in [6.45, 7) is 0.294. The van der Waals surface area contributed by atoms with Crippen LogP contribution in [0, 0.1) is 11.7 Å². The zero-order valence-electron chi connectivity index (χ0n) is 23.8. The molecule has 7 nitrogen and oxygen atoms in total. The van der Waals surface area contributed by atoms with E-state index < -0.39 is 10.0 Å². The molecule has 0 aromatic heterocycles. The molecule has 1 unspecified atom stereocenters. The largest absolute Gasteiger partial charge is 0.370 e. The summed E-state index contributed by atoms with van der Waals surface area (Å²) in [5.74, 6) is -0.0576. The van der Waals surface area contributed by atoms with Crippen LogP contribution in [0.4, 0.5) is 4.39 Å². The molecular weight excluding hydrogens is 541 g/mol. The van der Waals surface area contributed by atoms with Crippen LogP contribution < -0.4 is 5.32 Å². The number of rotatable bonds is 13. The van der Waals surface area contributed by atoms with E-state index in [1.165, 1.54) is 10.4 Å². The maximum absolute atomic E-state index is 13.9. The van der Waals surface area contributed by atoms with Gasteiger partial charge in [0.25, 0.3) is 0 Å². The van der Waals surface area contributed by atoms with E-state index in [9.17, 15) is 17.6 Å². The molecule has 1 saturated carbocycles. The number of benzene rings is 3. The molecule has 220 valence electrons. The van der Waals surface area contributed by atoms with Gasteiger partial charge in [0.2, 0.25) is 15.9 Å². The van der Waals surface area contributed by atoms with Gasteiger partial charge in [0, 0.05) is 25.2 Å². The molecule has 3 aromatic carbocycles. The van der Waals surface area contributed by atoms with Crippen LogP contribution in [0.5, 0.6) is 0 Å². The number of nitrogens with zero attached hydrogens (tertiary/aromatic N) is 2. The van der Waals surface area contributed by atoms with Crippen LogP contribution >= 0.6 is 0 Å². The number of carbonyl (C=O) groups excluding carboxylic acids is 1. The zero-order valence-corrected chi connectivity index (χ0v) is 24.6. The lowest BCUT2D eigenvalue weighted by atomic mass is 9.78. The van der Waals surface area contributed by atoms with Crippen LogP contribution in [-0.4, -0.2) is 63.4 Å². The van der Waals surface area contributed by atoms with Gasteiger partial charge in [-0.05, 0) is 81.1 Å². The third kappa shape index (κ3) is 8.69. The number of ether oxygens (including phenoxy) is 1. The van der Waals surface area contributed by atoms with Crippen molar-refractivity contribution >= 4 is 15.9 Å². The van der Waals surface area contributed by atoms with E-state index in [1.54, 1.807) is 42.5 Å². The third-order valence-electron chi connectivity index (χ3n) is 7.63. The van der Waals surface area contributed by atoms with Crippen molar-refractivity contribution in [1.29, 1.82) is 0 Å². The minimum atomic E-state index is -3.74. The summed E-state index contributed by atoms with van der Waals surface area (Å²) in [5.41, 5.74) is 1.85. The van der Waals surface area contributed by atoms with Crippen molar-refractivity contribution in [3.63, 3.8) is 0 Å². The predicted octanol–water partition coefficient (Wildman–Crippen LogP) is 5.01. The normalized spacial score (nSPS) is 18.4. The number of halogens is 1. The summed E-state index contributed by atoms with van der Waals surface area (Å²) >= 11 is 0. The molecular formula is C32H40FN3O4S. The molecule has 0 bridgehead atoms. The molecule has 0 radical (unpaired) electrons. The van der Waals surface area contributed by atoms with Crippen molar-refractivity contribution in [2.75, 3.05) is 33.9 Å². The summed E-state index contributed by atoms with van der Waals surface area (Å²) in [4.78, 5) is 15.0. The monoisotopic (exact) mass is 581 g/mol.